The SMILES string of the molecule is FC(F)(F)c1ccc(-c2nnc(NC3CCCNC3)c3ccccc23)cc1. The number of nitrogens with zero attached hydrogens (tertiary/aromatic N) is 2. The molecule has 0 bridgehead atoms. The summed E-state index contributed by atoms with van der Waals surface area (Å²) in [5.41, 5.74) is 0.510. The molecule has 3 aromatic rings. The molecule has 1 aliphatic heterocycles. The van der Waals surface area contributed by atoms with E-state index in [1.54, 1.807) is 0 Å². The van der Waals surface area contributed by atoms with Crippen LogP contribution < -0.4 is 10.6 Å². The number of halogens is 3. The lowest BCUT2D eigenvalue weighted by molar-refractivity contribution is -0.137. The molecule has 4 rings (SSSR count). The minimum absolute atomic E-state index is 0.286. The number of piperidine rings is 1. The lowest BCUT2D eigenvalue weighted by Crippen LogP contribution is -2.38. The first kappa shape index (κ1) is 17.7. The predicted molar refractivity (Wildman–Crippen MR) is 99.5 cm³/mol. The quantitative estimate of drug-likeness (QED) is 0.712. The van der Waals surface area contributed by atoms with Crippen molar-refractivity contribution >= 4 is 16.6 Å². The summed E-state index contributed by atoms with van der Waals surface area (Å²) in [5.74, 6) is 0.704. The maximum absolute atomic E-state index is 12.8. The van der Waals surface area contributed by atoms with Crippen LogP contribution in [0.25, 0.3) is 22.0 Å². The van der Waals surface area contributed by atoms with E-state index in [2.05, 4.69) is 20.8 Å². The van der Waals surface area contributed by atoms with Gasteiger partial charge >= 0.3 is 6.18 Å². The molecule has 0 saturated carbocycles. The topological polar surface area (TPSA) is 49.8 Å². The number of benzene rings is 2. The van der Waals surface area contributed by atoms with Crippen LogP contribution in [0.4, 0.5) is 19.0 Å². The van der Waals surface area contributed by atoms with Crippen LogP contribution in [0.5, 0.6) is 0 Å². The van der Waals surface area contributed by atoms with Crippen molar-refractivity contribution in [3.05, 3.63) is 54.1 Å². The third-order valence-electron chi connectivity index (χ3n) is 4.81. The standard InChI is InChI=1S/C20H19F3N4/c21-20(22,23)14-9-7-13(8-10-14)18-16-5-1-2-6-17(16)19(27-26-18)25-15-4-3-11-24-12-15/h1-2,5-10,15,24H,3-4,11-12H2,(H,25,27). The van der Waals surface area contributed by atoms with E-state index in [1.165, 1.54) is 12.1 Å². The highest BCUT2D eigenvalue weighted by Gasteiger charge is 2.30. The maximum Gasteiger partial charge on any atom is 0.416 e. The molecule has 0 amide bonds. The molecule has 0 spiro atoms. The van der Waals surface area contributed by atoms with Crippen molar-refractivity contribution in [2.75, 3.05) is 18.4 Å². The average molecular weight is 372 g/mol. The number of hydrogen-bond donors (Lipinski definition) is 2. The molecule has 0 radical (unpaired) electrons. The van der Waals surface area contributed by atoms with Crippen molar-refractivity contribution in [2.45, 2.75) is 25.1 Å². The van der Waals surface area contributed by atoms with E-state index in [4.69, 9.17) is 0 Å². The summed E-state index contributed by atoms with van der Waals surface area (Å²) in [5, 5.41) is 17.2. The third-order valence-corrected chi connectivity index (χ3v) is 4.81. The van der Waals surface area contributed by atoms with Crippen LogP contribution in [0.15, 0.2) is 48.5 Å². The Bertz CT molecular complexity index is 932. The smallest absolute Gasteiger partial charge is 0.364 e. The lowest BCUT2D eigenvalue weighted by Gasteiger charge is -2.24. The zero-order chi connectivity index (χ0) is 18.9. The summed E-state index contributed by atoms with van der Waals surface area (Å²) in [7, 11) is 0. The Morgan fingerprint density at radius 2 is 1.70 bits per heavy atom. The van der Waals surface area contributed by atoms with Crippen LogP contribution in [0.1, 0.15) is 18.4 Å². The minimum Gasteiger partial charge on any atom is -0.364 e. The predicted octanol–water partition coefficient (Wildman–Crippen LogP) is 4.48. The molecule has 27 heavy (non-hydrogen) atoms. The van der Waals surface area contributed by atoms with Gasteiger partial charge < -0.3 is 10.6 Å². The number of nitrogens with one attached hydrogen (secondary N) is 2. The van der Waals surface area contributed by atoms with Gasteiger partial charge in [-0.25, -0.2) is 0 Å². The van der Waals surface area contributed by atoms with Crippen LogP contribution in [0, 0.1) is 0 Å². The molecule has 1 fully saturated rings. The summed E-state index contributed by atoms with van der Waals surface area (Å²) >= 11 is 0. The molecule has 2 heterocycles. The molecule has 1 unspecified atom stereocenters. The van der Waals surface area contributed by atoms with Crippen molar-refractivity contribution < 1.29 is 13.2 Å². The number of anilines is 1. The third kappa shape index (κ3) is 3.73. The molecule has 1 saturated heterocycles. The summed E-state index contributed by atoms with van der Waals surface area (Å²) in [6.07, 6.45) is -2.19. The van der Waals surface area contributed by atoms with Gasteiger partial charge in [-0.05, 0) is 31.5 Å². The number of fused-ring (bicyclic) bond motifs is 1. The van der Waals surface area contributed by atoms with Crippen LogP contribution in [-0.2, 0) is 6.18 Å². The summed E-state index contributed by atoms with van der Waals surface area (Å²) in [6, 6.07) is 13.0. The van der Waals surface area contributed by atoms with Crippen LogP contribution in [0.3, 0.4) is 0 Å². The second-order valence-electron chi connectivity index (χ2n) is 6.71. The van der Waals surface area contributed by atoms with Crippen LogP contribution in [0.2, 0.25) is 0 Å². The molecule has 1 aliphatic rings. The fourth-order valence-electron chi connectivity index (χ4n) is 3.41. The highest BCUT2D eigenvalue weighted by molar-refractivity contribution is 6.00. The van der Waals surface area contributed by atoms with Crippen molar-refractivity contribution in [3.63, 3.8) is 0 Å². The summed E-state index contributed by atoms with van der Waals surface area (Å²) < 4.78 is 38.4. The summed E-state index contributed by atoms with van der Waals surface area (Å²) in [6.45, 7) is 1.90. The molecule has 1 aromatic heterocycles. The first-order valence-electron chi connectivity index (χ1n) is 8.93. The number of hydrogen-bond acceptors (Lipinski definition) is 4. The van der Waals surface area contributed by atoms with Gasteiger partial charge in [0, 0.05) is 28.9 Å². The number of rotatable bonds is 3. The molecule has 4 nitrogen and oxygen atoms in total. The fourth-order valence-corrected chi connectivity index (χ4v) is 3.41. The van der Waals surface area contributed by atoms with E-state index in [9.17, 15) is 13.2 Å². The van der Waals surface area contributed by atoms with Crippen LogP contribution >= 0.6 is 0 Å². The Morgan fingerprint density at radius 1 is 0.963 bits per heavy atom. The zero-order valence-corrected chi connectivity index (χ0v) is 14.6. The second kappa shape index (κ2) is 7.15. The number of aromatic nitrogens is 2. The van der Waals surface area contributed by atoms with E-state index in [-0.39, 0.29) is 6.04 Å². The highest BCUT2D eigenvalue weighted by atomic mass is 19.4. The van der Waals surface area contributed by atoms with Gasteiger partial charge in [-0.3, -0.25) is 0 Å². The normalized spacial score (nSPS) is 17.8. The first-order chi connectivity index (χ1) is 13.0. The Labute approximate surface area is 154 Å². The molecular formula is C20H19F3N4. The monoisotopic (exact) mass is 372 g/mol. The van der Waals surface area contributed by atoms with E-state index in [0.717, 1.165) is 48.8 Å². The Morgan fingerprint density at radius 3 is 2.37 bits per heavy atom. The Balaban J connectivity index is 1.71. The van der Waals surface area contributed by atoms with Gasteiger partial charge in [0.25, 0.3) is 0 Å². The van der Waals surface area contributed by atoms with Crippen LogP contribution in [-0.4, -0.2) is 29.3 Å². The number of alkyl halides is 3. The Hall–Kier alpha value is -2.67. The fraction of sp³-hybridized carbons (Fsp3) is 0.300. The van der Waals surface area contributed by atoms with Gasteiger partial charge in [-0.2, -0.15) is 13.2 Å². The van der Waals surface area contributed by atoms with E-state index < -0.39 is 11.7 Å². The van der Waals surface area contributed by atoms with Gasteiger partial charge in [-0.15, -0.1) is 10.2 Å². The second-order valence-corrected chi connectivity index (χ2v) is 6.71. The first-order valence-corrected chi connectivity index (χ1v) is 8.93. The molecule has 1 atom stereocenters. The maximum atomic E-state index is 12.8. The van der Waals surface area contributed by atoms with E-state index in [0.29, 0.717) is 17.1 Å². The Kier molecular flexibility index (Phi) is 4.70. The van der Waals surface area contributed by atoms with Gasteiger partial charge in [-0.1, -0.05) is 36.4 Å². The van der Waals surface area contributed by atoms with Gasteiger partial charge in [0.05, 0.1) is 5.56 Å². The molecule has 0 aliphatic carbocycles. The van der Waals surface area contributed by atoms with Crippen molar-refractivity contribution in [1.82, 2.24) is 15.5 Å². The van der Waals surface area contributed by atoms with Gasteiger partial charge in [0.15, 0.2) is 5.82 Å². The van der Waals surface area contributed by atoms with Crippen molar-refractivity contribution in [1.29, 1.82) is 0 Å². The summed E-state index contributed by atoms with van der Waals surface area (Å²) in [4.78, 5) is 0. The molecule has 2 N–H and O–H groups in total. The zero-order valence-electron chi connectivity index (χ0n) is 14.6. The minimum atomic E-state index is -4.35. The van der Waals surface area contributed by atoms with E-state index >= 15 is 0 Å². The largest absolute Gasteiger partial charge is 0.416 e. The highest BCUT2D eigenvalue weighted by Crippen LogP contribution is 2.33. The van der Waals surface area contributed by atoms with Gasteiger partial charge in [0.2, 0.25) is 0 Å². The van der Waals surface area contributed by atoms with Crippen molar-refractivity contribution in [2.24, 2.45) is 0 Å². The van der Waals surface area contributed by atoms with Gasteiger partial charge in [0.1, 0.15) is 5.69 Å². The molecule has 7 heteroatoms. The average Bonchev–Trinajstić information content (AvgIpc) is 2.68. The van der Waals surface area contributed by atoms with E-state index in [1.807, 2.05) is 24.3 Å². The van der Waals surface area contributed by atoms with Crippen molar-refractivity contribution in [3.8, 4) is 11.3 Å². The molecule has 2 aromatic carbocycles. The molecule has 140 valence electrons. The lowest BCUT2D eigenvalue weighted by atomic mass is 10.0. The molecular weight excluding hydrogens is 353 g/mol.